The first-order chi connectivity index (χ1) is 13.2. The molecule has 0 aliphatic heterocycles. The smallest absolute Gasteiger partial charge is 0.465 e. The van der Waals surface area contributed by atoms with E-state index >= 15 is 0 Å². The van der Waals surface area contributed by atoms with Gasteiger partial charge in [0.15, 0.2) is 0 Å². The number of ether oxygens (including phenoxy) is 2. The Labute approximate surface area is 164 Å². The molecule has 0 saturated heterocycles. The Morgan fingerprint density at radius 2 is 1.82 bits per heavy atom. The van der Waals surface area contributed by atoms with Gasteiger partial charge in [-0.1, -0.05) is 30.3 Å². The van der Waals surface area contributed by atoms with Crippen molar-refractivity contribution < 1.29 is 33.8 Å². The number of nitrogens with zero attached hydrogens (tertiary/aromatic N) is 1. The number of esters is 1. The van der Waals surface area contributed by atoms with Crippen LogP contribution in [0.4, 0.5) is 4.79 Å². The van der Waals surface area contributed by atoms with E-state index in [4.69, 9.17) is 14.3 Å². The van der Waals surface area contributed by atoms with Crippen molar-refractivity contribution in [2.45, 2.75) is 45.9 Å². The number of rotatable bonds is 9. The SMILES string of the molecule is CCOC(=O)CNC(=O)[C@H](CO)N(Cc1ccccc1)OC(=O)OC(C)(C)C. The van der Waals surface area contributed by atoms with E-state index in [1.807, 2.05) is 6.07 Å². The van der Waals surface area contributed by atoms with Crippen LogP contribution in [0.25, 0.3) is 0 Å². The molecule has 1 aromatic rings. The van der Waals surface area contributed by atoms with E-state index in [0.29, 0.717) is 0 Å². The van der Waals surface area contributed by atoms with Crippen molar-refractivity contribution >= 4 is 18.0 Å². The van der Waals surface area contributed by atoms with Gasteiger partial charge in [0.2, 0.25) is 5.91 Å². The second kappa shape index (κ2) is 11.3. The molecular weight excluding hydrogens is 368 g/mol. The number of hydrogen-bond acceptors (Lipinski definition) is 8. The summed E-state index contributed by atoms with van der Waals surface area (Å²) >= 11 is 0. The van der Waals surface area contributed by atoms with Crippen LogP contribution in [0.5, 0.6) is 0 Å². The summed E-state index contributed by atoms with van der Waals surface area (Å²) in [6.45, 7) is 5.85. The molecule has 0 fully saturated rings. The highest BCUT2D eigenvalue weighted by Crippen LogP contribution is 2.14. The van der Waals surface area contributed by atoms with Crippen LogP contribution in [0, 0.1) is 0 Å². The molecule has 0 radical (unpaired) electrons. The van der Waals surface area contributed by atoms with Crippen LogP contribution in [-0.2, 0) is 30.4 Å². The van der Waals surface area contributed by atoms with Gasteiger partial charge < -0.3 is 24.7 Å². The fourth-order valence-corrected chi connectivity index (χ4v) is 2.13. The highest BCUT2D eigenvalue weighted by atomic mass is 16.8. The van der Waals surface area contributed by atoms with Gasteiger partial charge in [-0.25, -0.2) is 4.79 Å². The summed E-state index contributed by atoms with van der Waals surface area (Å²) in [5.74, 6) is -1.31. The molecule has 2 N–H and O–H groups in total. The summed E-state index contributed by atoms with van der Waals surface area (Å²) in [7, 11) is 0. The molecule has 0 aliphatic carbocycles. The number of aliphatic hydroxyl groups is 1. The fourth-order valence-electron chi connectivity index (χ4n) is 2.13. The number of carbonyl (C=O) groups is 3. The summed E-state index contributed by atoms with van der Waals surface area (Å²) < 4.78 is 9.87. The summed E-state index contributed by atoms with van der Waals surface area (Å²) in [4.78, 5) is 41.1. The number of nitrogens with one attached hydrogen (secondary N) is 1. The number of aliphatic hydroxyl groups excluding tert-OH is 1. The van der Waals surface area contributed by atoms with Crippen molar-refractivity contribution in [2.24, 2.45) is 0 Å². The van der Waals surface area contributed by atoms with Crippen LogP contribution in [0.2, 0.25) is 0 Å². The predicted molar refractivity (Wildman–Crippen MR) is 99.8 cm³/mol. The first kappa shape index (κ1) is 23.4. The molecular formula is C19H28N2O7. The Morgan fingerprint density at radius 1 is 1.18 bits per heavy atom. The largest absolute Gasteiger partial charge is 0.528 e. The molecule has 0 unspecified atom stereocenters. The lowest BCUT2D eigenvalue weighted by molar-refractivity contribution is -0.184. The molecule has 0 bridgehead atoms. The van der Waals surface area contributed by atoms with Crippen LogP contribution in [0.3, 0.4) is 0 Å². The molecule has 0 saturated carbocycles. The van der Waals surface area contributed by atoms with Crippen LogP contribution in [0.15, 0.2) is 30.3 Å². The second-order valence-electron chi connectivity index (χ2n) is 6.84. The molecule has 9 nitrogen and oxygen atoms in total. The molecule has 1 amide bonds. The van der Waals surface area contributed by atoms with Gasteiger partial charge in [-0.3, -0.25) is 9.59 Å². The summed E-state index contributed by atoms with van der Waals surface area (Å²) in [6.07, 6.45) is -1.01. The molecule has 1 rings (SSSR count). The van der Waals surface area contributed by atoms with E-state index in [0.717, 1.165) is 10.6 Å². The number of amides is 1. The second-order valence-corrected chi connectivity index (χ2v) is 6.84. The van der Waals surface area contributed by atoms with Gasteiger partial charge in [0.05, 0.1) is 19.8 Å². The van der Waals surface area contributed by atoms with E-state index < -0.39 is 36.3 Å². The Bertz CT molecular complexity index is 643. The van der Waals surface area contributed by atoms with E-state index in [9.17, 15) is 19.5 Å². The number of benzene rings is 1. The molecule has 1 aromatic carbocycles. The number of hydroxylamine groups is 2. The zero-order chi connectivity index (χ0) is 21.2. The standard InChI is InChI=1S/C19H28N2O7/c1-5-26-16(23)11-20-17(24)15(13-22)21(12-14-9-7-6-8-10-14)28-18(25)27-19(2,3)4/h6-10,15,22H,5,11-13H2,1-4H3,(H,20,24)/t15-/m0/s1. The van der Waals surface area contributed by atoms with Gasteiger partial charge in [-0.15, -0.1) is 5.06 Å². The molecule has 156 valence electrons. The van der Waals surface area contributed by atoms with E-state index in [-0.39, 0.29) is 19.7 Å². The first-order valence-corrected chi connectivity index (χ1v) is 8.92. The third-order valence-corrected chi connectivity index (χ3v) is 3.30. The topological polar surface area (TPSA) is 114 Å². The van der Waals surface area contributed by atoms with Crippen molar-refractivity contribution in [1.82, 2.24) is 10.4 Å². The molecule has 1 atom stereocenters. The number of carbonyl (C=O) groups excluding carboxylic acids is 3. The van der Waals surface area contributed by atoms with E-state index in [1.165, 1.54) is 0 Å². The number of hydrogen-bond donors (Lipinski definition) is 2. The molecule has 0 spiro atoms. The van der Waals surface area contributed by atoms with Crippen molar-refractivity contribution in [3.8, 4) is 0 Å². The van der Waals surface area contributed by atoms with E-state index in [1.54, 1.807) is 52.0 Å². The lowest BCUT2D eigenvalue weighted by Gasteiger charge is -2.29. The Morgan fingerprint density at radius 3 is 2.36 bits per heavy atom. The van der Waals surface area contributed by atoms with Gasteiger partial charge in [0.1, 0.15) is 18.2 Å². The fraction of sp³-hybridized carbons (Fsp3) is 0.526. The highest BCUT2D eigenvalue weighted by Gasteiger charge is 2.31. The van der Waals surface area contributed by atoms with E-state index in [2.05, 4.69) is 5.32 Å². The molecule has 0 aliphatic rings. The minimum absolute atomic E-state index is 0.0259. The molecule has 9 heteroatoms. The average Bonchev–Trinajstić information content (AvgIpc) is 2.60. The zero-order valence-electron chi connectivity index (χ0n) is 16.6. The van der Waals surface area contributed by atoms with Gasteiger partial charge >= 0.3 is 12.1 Å². The minimum atomic E-state index is -1.25. The molecule has 28 heavy (non-hydrogen) atoms. The van der Waals surface area contributed by atoms with Crippen LogP contribution in [0.1, 0.15) is 33.3 Å². The minimum Gasteiger partial charge on any atom is -0.465 e. The maximum Gasteiger partial charge on any atom is 0.528 e. The Balaban J connectivity index is 2.90. The van der Waals surface area contributed by atoms with Crippen LogP contribution < -0.4 is 5.32 Å². The lowest BCUT2D eigenvalue weighted by atomic mass is 10.2. The van der Waals surface area contributed by atoms with Crippen molar-refractivity contribution in [3.05, 3.63) is 35.9 Å². The van der Waals surface area contributed by atoms with Crippen molar-refractivity contribution in [3.63, 3.8) is 0 Å². The van der Waals surface area contributed by atoms with Gasteiger partial charge in [-0.2, -0.15) is 0 Å². The maximum atomic E-state index is 12.4. The monoisotopic (exact) mass is 396 g/mol. The third-order valence-electron chi connectivity index (χ3n) is 3.30. The van der Waals surface area contributed by atoms with Crippen LogP contribution in [-0.4, -0.2) is 59.6 Å². The molecule has 0 aromatic heterocycles. The maximum absolute atomic E-state index is 12.4. The zero-order valence-corrected chi connectivity index (χ0v) is 16.6. The first-order valence-electron chi connectivity index (χ1n) is 8.92. The molecule has 0 heterocycles. The third kappa shape index (κ3) is 8.83. The lowest BCUT2D eigenvalue weighted by Crippen LogP contribution is -2.50. The van der Waals surface area contributed by atoms with Crippen LogP contribution >= 0.6 is 0 Å². The highest BCUT2D eigenvalue weighted by molar-refractivity contribution is 5.85. The van der Waals surface area contributed by atoms with Crippen molar-refractivity contribution in [1.29, 1.82) is 0 Å². The Kier molecular flexibility index (Phi) is 9.40. The average molecular weight is 396 g/mol. The van der Waals surface area contributed by atoms with Gasteiger partial charge in [-0.05, 0) is 33.3 Å². The summed E-state index contributed by atoms with van der Waals surface area (Å²) in [6, 6.07) is 7.69. The van der Waals surface area contributed by atoms with Gasteiger partial charge in [0, 0.05) is 0 Å². The summed E-state index contributed by atoms with van der Waals surface area (Å²) in [5, 5.41) is 13.1. The Hall–Kier alpha value is -2.65. The van der Waals surface area contributed by atoms with Crippen molar-refractivity contribution in [2.75, 3.05) is 19.8 Å². The van der Waals surface area contributed by atoms with Gasteiger partial charge in [0.25, 0.3) is 0 Å². The normalized spacial score (nSPS) is 12.2. The summed E-state index contributed by atoms with van der Waals surface area (Å²) in [5.41, 5.74) is -0.0566. The predicted octanol–water partition coefficient (Wildman–Crippen LogP) is 1.40. The quantitative estimate of drug-likeness (QED) is 0.475.